The highest BCUT2D eigenvalue weighted by atomic mass is 79.9. The highest BCUT2D eigenvalue weighted by Crippen LogP contribution is 2.23. The van der Waals surface area contributed by atoms with E-state index in [1.807, 2.05) is 13.8 Å². The molecule has 0 fully saturated rings. The second kappa shape index (κ2) is 9.66. The van der Waals surface area contributed by atoms with Gasteiger partial charge in [0.1, 0.15) is 0 Å². The van der Waals surface area contributed by atoms with Crippen LogP contribution >= 0.6 is 27.3 Å². The molecule has 2 rings (SSSR count). The molecule has 0 unspecified atom stereocenters. The largest absolute Gasteiger partial charge is 0.339 e. The number of hydrogen-bond acceptors (Lipinski definition) is 4. The molecule has 1 N–H and O–H groups in total. The van der Waals surface area contributed by atoms with Crippen LogP contribution in [0.15, 0.2) is 40.2 Å². The average molecular weight is 452 g/mol. The summed E-state index contributed by atoms with van der Waals surface area (Å²) >= 11 is 4.64. The Morgan fingerprint density at radius 1 is 1.00 bits per heavy atom. The minimum atomic E-state index is -0.302. The fraction of sp³-hybridized carbons (Fsp3) is 0.316. The molecule has 0 aliphatic heterocycles. The van der Waals surface area contributed by atoms with Crippen molar-refractivity contribution in [1.82, 2.24) is 9.80 Å². The Morgan fingerprint density at radius 3 is 2.15 bits per heavy atom. The summed E-state index contributed by atoms with van der Waals surface area (Å²) in [7, 11) is 1.58. The monoisotopic (exact) mass is 451 g/mol. The van der Waals surface area contributed by atoms with Gasteiger partial charge in [-0.15, -0.1) is 11.3 Å². The molecular formula is C19H22BrN3O3S. The fourth-order valence-electron chi connectivity index (χ4n) is 2.49. The molecule has 1 aromatic carbocycles. The number of rotatable bonds is 7. The third-order valence-electron chi connectivity index (χ3n) is 3.98. The molecule has 6 nitrogen and oxygen atoms in total. The van der Waals surface area contributed by atoms with Crippen LogP contribution in [0.4, 0.5) is 5.69 Å². The maximum atomic E-state index is 12.3. The molecule has 0 spiro atoms. The standard InChI is InChI=1S/C19H22BrN3O3S/c1-4-23(5-2)18(25)13-6-8-14(9-7-13)21-17(24)12-22(3)19(26)15-10-11-16(20)27-15/h6-11H,4-5,12H2,1-3H3,(H,21,24). The second-order valence-electron chi connectivity index (χ2n) is 5.87. The number of amides is 3. The van der Waals surface area contributed by atoms with Gasteiger partial charge in [0.2, 0.25) is 5.91 Å². The molecule has 0 bridgehead atoms. The number of thiophene rings is 1. The summed E-state index contributed by atoms with van der Waals surface area (Å²) in [4.78, 5) is 40.4. The fourth-order valence-corrected chi connectivity index (χ4v) is 3.88. The van der Waals surface area contributed by atoms with E-state index >= 15 is 0 Å². The van der Waals surface area contributed by atoms with E-state index in [0.717, 1.165) is 3.79 Å². The topological polar surface area (TPSA) is 69.7 Å². The maximum absolute atomic E-state index is 12.3. The molecule has 1 heterocycles. The Bertz CT molecular complexity index is 816. The number of carbonyl (C=O) groups excluding carboxylic acids is 3. The second-order valence-corrected chi connectivity index (χ2v) is 8.33. The summed E-state index contributed by atoms with van der Waals surface area (Å²) in [6.45, 7) is 5.10. The summed E-state index contributed by atoms with van der Waals surface area (Å²) in [5.41, 5.74) is 1.16. The number of halogens is 1. The molecule has 27 heavy (non-hydrogen) atoms. The number of hydrogen-bond donors (Lipinski definition) is 1. The predicted octanol–water partition coefficient (Wildman–Crippen LogP) is 3.70. The van der Waals surface area contributed by atoms with Crippen molar-refractivity contribution in [3.63, 3.8) is 0 Å². The van der Waals surface area contributed by atoms with Gasteiger partial charge >= 0.3 is 0 Å². The van der Waals surface area contributed by atoms with Gasteiger partial charge in [-0.2, -0.15) is 0 Å². The van der Waals surface area contributed by atoms with Crippen molar-refractivity contribution in [2.24, 2.45) is 0 Å². The number of nitrogens with one attached hydrogen (secondary N) is 1. The molecule has 1 aromatic heterocycles. The Labute approximate surface area is 171 Å². The lowest BCUT2D eigenvalue weighted by atomic mass is 10.1. The van der Waals surface area contributed by atoms with Crippen LogP contribution in [0.25, 0.3) is 0 Å². The molecule has 0 atom stereocenters. The van der Waals surface area contributed by atoms with Gasteiger partial charge in [0.15, 0.2) is 0 Å². The SMILES string of the molecule is CCN(CC)C(=O)c1ccc(NC(=O)CN(C)C(=O)c2ccc(Br)s2)cc1. The first kappa shape index (κ1) is 21.1. The van der Waals surface area contributed by atoms with Gasteiger partial charge in [0.05, 0.1) is 15.2 Å². The lowest BCUT2D eigenvalue weighted by Crippen LogP contribution is -2.34. The zero-order valence-electron chi connectivity index (χ0n) is 15.5. The van der Waals surface area contributed by atoms with E-state index in [4.69, 9.17) is 0 Å². The van der Waals surface area contributed by atoms with Crippen molar-refractivity contribution in [3.05, 3.63) is 50.6 Å². The first-order valence-electron chi connectivity index (χ1n) is 8.55. The number of benzene rings is 1. The van der Waals surface area contributed by atoms with E-state index in [1.54, 1.807) is 48.3 Å². The van der Waals surface area contributed by atoms with Crippen molar-refractivity contribution in [1.29, 1.82) is 0 Å². The van der Waals surface area contributed by atoms with Crippen molar-refractivity contribution >= 4 is 50.7 Å². The molecule has 0 aliphatic rings. The highest BCUT2D eigenvalue weighted by Gasteiger charge is 2.17. The molecule has 0 radical (unpaired) electrons. The predicted molar refractivity (Wildman–Crippen MR) is 111 cm³/mol. The van der Waals surface area contributed by atoms with Crippen LogP contribution in [-0.2, 0) is 4.79 Å². The molecule has 8 heteroatoms. The highest BCUT2D eigenvalue weighted by molar-refractivity contribution is 9.11. The molecule has 0 aliphatic carbocycles. The molecular weight excluding hydrogens is 430 g/mol. The lowest BCUT2D eigenvalue weighted by molar-refractivity contribution is -0.116. The zero-order chi connectivity index (χ0) is 20.0. The van der Waals surface area contributed by atoms with Gasteiger partial charge in [-0.1, -0.05) is 0 Å². The quantitative estimate of drug-likeness (QED) is 0.697. The lowest BCUT2D eigenvalue weighted by Gasteiger charge is -2.19. The molecule has 0 saturated carbocycles. The first-order chi connectivity index (χ1) is 12.8. The Morgan fingerprint density at radius 2 is 1.63 bits per heavy atom. The smallest absolute Gasteiger partial charge is 0.264 e. The van der Waals surface area contributed by atoms with Crippen molar-refractivity contribution in [2.45, 2.75) is 13.8 Å². The minimum Gasteiger partial charge on any atom is -0.339 e. The van der Waals surface area contributed by atoms with E-state index in [0.29, 0.717) is 29.2 Å². The van der Waals surface area contributed by atoms with Crippen LogP contribution in [0.1, 0.15) is 33.9 Å². The maximum Gasteiger partial charge on any atom is 0.264 e. The third kappa shape index (κ3) is 5.64. The van der Waals surface area contributed by atoms with E-state index in [2.05, 4.69) is 21.2 Å². The van der Waals surface area contributed by atoms with Crippen LogP contribution in [0, 0.1) is 0 Å². The summed E-state index contributed by atoms with van der Waals surface area (Å²) in [5, 5.41) is 2.74. The number of likely N-dealkylation sites (N-methyl/N-ethyl adjacent to an activating group) is 1. The number of carbonyl (C=O) groups is 3. The Balaban J connectivity index is 1.93. The van der Waals surface area contributed by atoms with Gasteiger partial charge in [-0.25, -0.2) is 0 Å². The van der Waals surface area contributed by atoms with Gasteiger partial charge in [-0.3, -0.25) is 14.4 Å². The molecule has 144 valence electrons. The van der Waals surface area contributed by atoms with Crippen molar-refractivity contribution in [2.75, 3.05) is 32.0 Å². The average Bonchev–Trinajstić information content (AvgIpc) is 3.08. The number of anilines is 1. The van der Waals surface area contributed by atoms with Gasteiger partial charge in [0.25, 0.3) is 11.8 Å². The summed E-state index contributed by atoms with van der Waals surface area (Å²) in [5.74, 6) is -0.546. The van der Waals surface area contributed by atoms with Gasteiger partial charge < -0.3 is 15.1 Å². The van der Waals surface area contributed by atoms with E-state index in [-0.39, 0.29) is 24.3 Å². The Hall–Kier alpha value is -2.19. The Kier molecular flexibility index (Phi) is 7.55. The number of nitrogens with zero attached hydrogens (tertiary/aromatic N) is 2. The van der Waals surface area contributed by atoms with Crippen LogP contribution in [0.2, 0.25) is 0 Å². The van der Waals surface area contributed by atoms with Gasteiger partial charge in [-0.05, 0) is 66.2 Å². The summed E-state index contributed by atoms with van der Waals surface area (Å²) < 4.78 is 0.864. The minimum absolute atomic E-state index is 0.0367. The molecule has 0 saturated heterocycles. The van der Waals surface area contributed by atoms with Crippen molar-refractivity contribution < 1.29 is 14.4 Å². The van der Waals surface area contributed by atoms with Crippen LogP contribution in [0.5, 0.6) is 0 Å². The van der Waals surface area contributed by atoms with Gasteiger partial charge in [0, 0.05) is 31.4 Å². The summed E-state index contributed by atoms with van der Waals surface area (Å²) in [6, 6.07) is 10.3. The summed E-state index contributed by atoms with van der Waals surface area (Å²) in [6.07, 6.45) is 0. The van der Waals surface area contributed by atoms with Crippen LogP contribution in [0.3, 0.4) is 0 Å². The zero-order valence-corrected chi connectivity index (χ0v) is 17.9. The van der Waals surface area contributed by atoms with Crippen LogP contribution in [-0.4, -0.2) is 54.2 Å². The van der Waals surface area contributed by atoms with Crippen LogP contribution < -0.4 is 5.32 Å². The third-order valence-corrected chi connectivity index (χ3v) is 5.59. The van der Waals surface area contributed by atoms with E-state index in [1.165, 1.54) is 16.2 Å². The van der Waals surface area contributed by atoms with E-state index in [9.17, 15) is 14.4 Å². The normalized spacial score (nSPS) is 10.4. The molecule has 3 amide bonds. The van der Waals surface area contributed by atoms with E-state index < -0.39 is 0 Å². The first-order valence-corrected chi connectivity index (χ1v) is 10.2. The molecule has 2 aromatic rings. The van der Waals surface area contributed by atoms with Crippen molar-refractivity contribution in [3.8, 4) is 0 Å².